The van der Waals surface area contributed by atoms with Gasteiger partial charge >= 0.3 is 0 Å². The van der Waals surface area contributed by atoms with E-state index in [0.717, 1.165) is 32.4 Å². The van der Waals surface area contributed by atoms with Gasteiger partial charge in [0, 0.05) is 31.1 Å². The minimum Gasteiger partial charge on any atom is -0.493 e. The summed E-state index contributed by atoms with van der Waals surface area (Å²) >= 11 is -1.97. The van der Waals surface area contributed by atoms with Gasteiger partial charge in [0.25, 0.3) is 0 Å². The fourth-order valence-corrected chi connectivity index (χ4v) is 3.89. The quantitative estimate of drug-likeness (QED) is 0.699. The Hall–Kier alpha value is -1.97. The Morgan fingerprint density at radius 2 is 1.96 bits per heavy atom. The molecule has 1 saturated heterocycles. The molecule has 1 unspecified atom stereocenters. The molecule has 1 aromatic carbocycles. The number of rotatable bonds is 7. The van der Waals surface area contributed by atoms with Gasteiger partial charge in [-0.1, -0.05) is 0 Å². The van der Waals surface area contributed by atoms with Crippen molar-refractivity contribution in [1.29, 1.82) is 0 Å². The molecule has 1 aliphatic heterocycles. The first-order valence-corrected chi connectivity index (χ1v) is 9.93. The van der Waals surface area contributed by atoms with Gasteiger partial charge in [0.15, 0.2) is 17.3 Å². The Morgan fingerprint density at radius 3 is 2.59 bits per heavy atom. The maximum atomic E-state index is 14.7. The van der Waals surface area contributed by atoms with E-state index >= 15 is 0 Å². The van der Waals surface area contributed by atoms with Gasteiger partial charge in [-0.3, -0.25) is 9.54 Å². The van der Waals surface area contributed by atoms with Crippen molar-refractivity contribution >= 4 is 27.9 Å². The lowest BCUT2D eigenvalue weighted by Crippen LogP contribution is -2.35. The number of methoxy groups -OCH3 is 2. The monoisotopic (exact) mass is 397 g/mol. The van der Waals surface area contributed by atoms with Crippen LogP contribution in [-0.4, -0.2) is 47.6 Å². The fraction of sp³-hybridized carbons (Fsp3) is 0.500. The third kappa shape index (κ3) is 4.48. The Labute approximate surface area is 160 Å². The molecule has 7 nitrogen and oxygen atoms in total. The van der Waals surface area contributed by atoms with Crippen LogP contribution in [0.3, 0.4) is 0 Å². The van der Waals surface area contributed by atoms with E-state index in [-0.39, 0.29) is 5.82 Å². The summed E-state index contributed by atoms with van der Waals surface area (Å²) < 4.78 is 47.3. The van der Waals surface area contributed by atoms with Crippen LogP contribution in [0.4, 0.5) is 10.1 Å². The molecular weight excluding hydrogens is 373 g/mol. The zero-order valence-corrected chi connectivity index (χ0v) is 16.2. The van der Waals surface area contributed by atoms with Crippen LogP contribution >= 0.6 is 0 Å². The molecule has 0 bridgehead atoms. The smallest absolute Gasteiger partial charge is 0.231 e. The second-order valence-electron chi connectivity index (χ2n) is 6.54. The maximum absolute atomic E-state index is 14.7. The van der Waals surface area contributed by atoms with Crippen molar-refractivity contribution in [2.24, 2.45) is 5.92 Å². The Kier molecular flexibility index (Phi) is 6.46. The van der Waals surface area contributed by atoms with Gasteiger partial charge in [-0.05, 0) is 31.2 Å². The van der Waals surface area contributed by atoms with Crippen LogP contribution in [-0.2, 0) is 11.3 Å². The summed E-state index contributed by atoms with van der Waals surface area (Å²) in [6, 6.07) is 3.52. The van der Waals surface area contributed by atoms with Crippen molar-refractivity contribution in [1.82, 2.24) is 9.71 Å². The van der Waals surface area contributed by atoms with Gasteiger partial charge in [0.05, 0.1) is 31.6 Å². The standard InChI is InChI=1S/C18H24FN3O4S/c1-25-16-9-13-15(10-17(16)26-2)20-11-14(19)18(13)22-7-4-12(5-8-22)3-6-21-27(23)24/h9-12,21H,3-8H2,1-2H3,(H,23,24). The van der Waals surface area contributed by atoms with Crippen molar-refractivity contribution in [3.05, 3.63) is 24.1 Å². The van der Waals surface area contributed by atoms with Crippen LogP contribution in [0, 0.1) is 11.7 Å². The first kappa shape index (κ1) is 19.8. The van der Waals surface area contributed by atoms with E-state index in [2.05, 4.69) is 9.71 Å². The highest BCUT2D eigenvalue weighted by atomic mass is 32.2. The fourth-order valence-electron chi connectivity index (χ4n) is 3.60. The highest BCUT2D eigenvalue weighted by Crippen LogP contribution is 2.38. The summed E-state index contributed by atoms with van der Waals surface area (Å²) in [4.78, 5) is 6.24. The van der Waals surface area contributed by atoms with Crippen LogP contribution < -0.4 is 19.1 Å². The average Bonchev–Trinajstić information content (AvgIpc) is 2.67. The number of benzene rings is 1. The Morgan fingerprint density at radius 1 is 1.30 bits per heavy atom. The summed E-state index contributed by atoms with van der Waals surface area (Å²) in [6.07, 6.45) is 3.87. The first-order chi connectivity index (χ1) is 13.0. The molecule has 27 heavy (non-hydrogen) atoms. The summed E-state index contributed by atoms with van der Waals surface area (Å²) in [7, 11) is 3.11. The highest BCUT2D eigenvalue weighted by molar-refractivity contribution is 7.77. The summed E-state index contributed by atoms with van der Waals surface area (Å²) in [6.45, 7) is 1.94. The second-order valence-corrected chi connectivity index (χ2v) is 7.33. The lowest BCUT2D eigenvalue weighted by Gasteiger charge is -2.34. The normalized spacial score (nSPS) is 16.5. The van der Waals surface area contributed by atoms with Crippen molar-refractivity contribution < 1.29 is 22.6 Å². The zero-order chi connectivity index (χ0) is 19.4. The highest BCUT2D eigenvalue weighted by Gasteiger charge is 2.24. The van der Waals surface area contributed by atoms with Crippen LogP contribution in [0.2, 0.25) is 0 Å². The molecule has 9 heteroatoms. The number of anilines is 1. The summed E-state index contributed by atoms with van der Waals surface area (Å²) in [5.41, 5.74) is 1.19. The largest absolute Gasteiger partial charge is 0.493 e. The van der Waals surface area contributed by atoms with Gasteiger partial charge < -0.3 is 14.4 Å². The van der Waals surface area contributed by atoms with Crippen LogP contribution in [0.15, 0.2) is 18.3 Å². The Bertz CT molecular complexity index is 828. The number of fused-ring (bicyclic) bond motifs is 1. The molecule has 0 amide bonds. The molecule has 1 fully saturated rings. The lowest BCUT2D eigenvalue weighted by molar-refractivity contribution is 0.355. The van der Waals surface area contributed by atoms with E-state index in [1.807, 2.05) is 4.90 Å². The number of hydrogen-bond acceptors (Lipinski definition) is 5. The third-order valence-electron chi connectivity index (χ3n) is 5.01. The van der Waals surface area contributed by atoms with Crippen molar-refractivity contribution in [2.75, 3.05) is 38.8 Å². The second kappa shape index (κ2) is 8.81. The van der Waals surface area contributed by atoms with E-state index in [0.29, 0.717) is 40.6 Å². The van der Waals surface area contributed by atoms with Crippen molar-refractivity contribution in [3.8, 4) is 11.5 Å². The minimum absolute atomic E-state index is 0.356. The number of nitrogens with zero attached hydrogens (tertiary/aromatic N) is 2. The SMILES string of the molecule is COc1cc2ncc(F)c(N3CCC(CCNS(=O)O)CC3)c2cc1OC. The zero-order valence-electron chi connectivity index (χ0n) is 15.4. The summed E-state index contributed by atoms with van der Waals surface area (Å²) in [5.74, 6) is 1.19. The van der Waals surface area contributed by atoms with Crippen LogP contribution in [0.25, 0.3) is 10.9 Å². The van der Waals surface area contributed by atoms with Gasteiger partial charge in [-0.25, -0.2) is 13.3 Å². The molecule has 0 radical (unpaired) electrons. The van der Waals surface area contributed by atoms with E-state index in [9.17, 15) is 8.60 Å². The van der Waals surface area contributed by atoms with E-state index < -0.39 is 11.3 Å². The number of nitrogens with one attached hydrogen (secondary N) is 1. The number of halogens is 1. The molecule has 1 aliphatic rings. The van der Waals surface area contributed by atoms with Gasteiger partial charge in [-0.2, -0.15) is 0 Å². The van der Waals surface area contributed by atoms with Gasteiger partial charge in [0.1, 0.15) is 0 Å². The minimum atomic E-state index is -1.97. The first-order valence-electron chi connectivity index (χ1n) is 8.83. The molecule has 0 saturated carbocycles. The predicted octanol–water partition coefficient (Wildman–Crippen LogP) is 2.72. The molecule has 148 valence electrons. The number of aromatic nitrogens is 1. The molecule has 0 aliphatic carbocycles. The summed E-state index contributed by atoms with van der Waals surface area (Å²) in [5, 5.41) is 0.698. The van der Waals surface area contributed by atoms with Crippen molar-refractivity contribution in [2.45, 2.75) is 19.3 Å². The average molecular weight is 397 g/mol. The van der Waals surface area contributed by atoms with Crippen LogP contribution in [0.5, 0.6) is 11.5 Å². The van der Waals surface area contributed by atoms with Crippen LogP contribution in [0.1, 0.15) is 19.3 Å². The predicted molar refractivity (Wildman–Crippen MR) is 103 cm³/mol. The maximum Gasteiger partial charge on any atom is 0.231 e. The van der Waals surface area contributed by atoms with Gasteiger partial charge in [-0.15, -0.1) is 0 Å². The number of ether oxygens (including phenoxy) is 2. The number of hydrogen-bond donors (Lipinski definition) is 2. The molecule has 1 atom stereocenters. The lowest BCUT2D eigenvalue weighted by atomic mass is 9.93. The molecule has 3 rings (SSSR count). The van der Waals surface area contributed by atoms with Gasteiger partial charge in [0.2, 0.25) is 11.3 Å². The Balaban J connectivity index is 1.80. The third-order valence-corrected chi connectivity index (χ3v) is 5.46. The van der Waals surface area contributed by atoms with E-state index in [1.54, 1.807) is 26.4 Å². The molecule has 2 N–H and O–H groups in total. The molecule has 0 spiro atoms. The molecule has 1 aromatic heterocycles. The number of pyridine rings is 1. The number of piperidine rings is 1. The molecule has 2 heterocycles. The molecular formula is C18H24FN3O4S. The van der Waals surface area contributed by atoms with E-state index in [4.69, 9.17) is 14.0 Å². The topological polar surface area (TPSA) is 83.9 Å². The molecule has 2 aromatic rings. The van der Waals surface area contributed by atoms with Crippen molar-refractivity contribution in [3.63, 3.8) is 0 Å². The van der Waals surface area contributed by atoms with E-state index in [1.165, 1.54) is 6.20 Å².